The molecule has 7 nitrogen and oxygen atoms in total. The molecule has 2 aliphatic heterocycles. The molecule has 0 aliphatic carbocycles. The van der Waals surface area contributed by atoms with Crippen molar-refractivity contribution in [3.8, 4) is 0 Å². The third-order valence-electron chi connectivity index (χ3n) is 4.02. The maximum absolute atomic E-state index is 12.3. The molecule has 116 valence electrons. The SMILES string of the molecule is CCc1nc(C2CN(C(=O)CC3CCCO3)CCO2)n[nH]1. The van der Waals surface area contributed by atoms with Gasteiger partial charge >= 0.3 is 0 Å². The maximum Gasteiger partial charge on any atom is 0.225 e. The monoisotopic (exact) mass is 294 g/mol. The molecule has 3 rings (SSSR count). The largest absolute Gasteiger partial charge is 0.378 e. The van der Waals surface area contributed by atoms with Gasteiger partial charge in [0.25, 0.3) is 0 Å². The summed E-state index contributed by atoms with van der Waals surface area (Å²) in [6.07, 6.45) is 3.18. The lowest BCUT2D eigenvalue weighted by Crippen LogP contribution is -2.43. The zero-order valence-corrected chi connectivity index (χ0v) is 12.4. The Labute approximate surface area is 124 Å². The molecule has 3 heterocycles. The Hall–Kier alpha value is -1.47. The predicted octanol–water partition coefficient (Wildman–Crippen LogP) is 0.836. The zero-order chi connectivity index (χ0) is 14.7. The number of nitrogens with zero attached hydrogens (tertiary/aromatic N) is 3. The number of nitrogens with one attached hydrogen (secondary N) is 1. The summed E-state index contributed by atoms with van der Waals surface area (Å²) >= 11 is 0. The summed E-state index contributed by atoms with van der Waals surface area (Å²) in [4.78, 5) is 18.6. The van der Waals surface area contributed by atoms with Crippen molar-refractivity contribution < 1.29 is 14.3 Å². The molecule has 0 saturated carbocycles. The fourth-order valence-corrected chi connectivity index (χ4v) is 2.77. The third kappa shape index (κ3) is 3.41. The lowest BCUT2D eigenvalue weighted by molar-refractivity contribution is -0.141. The average molecular weight is 294 g/mol. The Kier molecular flexibility index (Phi) is 4.50. The third-order valence-corrected chi connectivity index (χ3v) is 4.02. The van der Waals surface area contributed by atoms with Gasteiger partial charge in [-0.3, -0.25) is 9.89 Å². The number of aromatic amines is 1. The lowest BCUT2D eigenvalue weighted by Gasteiger charge is -2.32. The van der Waals surface area contributed by atoms with Crippen LogP contribution in [0.4, 0.5) is 0 Å². The second kappa shape index (κ2) is 6.53. The number of hydrogen-bond donors (Lipinski definition) is 1. The van der Waals surface area contributed by atoms with Gasteiger partial charge in [0.05, 0.1) is 25.7 Å². The van der Waals surface area contributed by atoms with Crippen molar-refractivity contribution in [2.24, 2.45) is 0 Å². The molecule has 2 atom stereocenters. The van der Waals surface area contributed by atoms with E-state index in [0.29, 0.717) is 31.9 Å². The molecule has 7 heteroatoms. The molecule has 2 saturated heterocycles. The van der Waals surface area contributed by atoms with Gasteiger partial charge in [-0.05, 0) is 12.8 Å². The van der Waals surface area contributed by atoms with Crippen molar-refractivity contribution in [3.05, 3.63) is 11.6 Å². The van der Waals surface area contributed by atoms with Crippen molar-refractivity contribution in [1.82, 2.24) is 20.1 Å². The molecule has 2 unspecified atom stereocenters. The van der Waals surface area contributed by atoms with Crippen molar-refractivity contribution in [2.75, 3.05) is 26.3 Å². The number of aryl methyl sites for hydroxylation is 1. The molecule has 21 heavy (non-hydrogen) atoms. The van der Waals surface area contributed by atoms with Crippen LogP contribution in [0.2, 0.25) is 0 Å². The maximum atomic E-state index is 12.3. The molecule has 1 aromatic rings. The minimum absolute atomic E-state index is 0.0917. The Morgan fingerprint density at radius 3 is 3.05 bits per heavy atom. The van der Waals surface area contributed by atoms with Crippen LogP contribution in [0.1, 0.15) is 43.9 Å². The molecule has 0 spiro atoms. The van der Waals surface area contributed by atoms with Crippen LogP contribution < -0.4 is 0 Å². The second-order valence-electron chi connectivity index (χ2n) is 5.53. The van der Waals surface area contributed by atoms with Gasteiger partial charge in [-0.15, -0.1) is 0 Å². The highest BCUT2D eigenvalue weighted by Gasteiger charge is 2.30. The number of carbonyl (C=O) groups excluding carboxylic acids is 1. The predicted molar refractivity (Wildman–Crippen MR) is 74.6 cm³/mol. The summed E-state index contributed by atoms with van der Waals surface area (Å²) in [7, 11) is 0. The highest BCUT2D eigenvalue weighted by molar-refractivity contribution is 5.76. The Morgan fingerprint density at radius 1 is 1.43 bits per heavy atom. The quantitative estimate of drug-likeness (QED) is 0.890. The first-order chi connectivity index (χ1) is 10.3. The van der Waals surface area contributed by atoms with E-state index < -0.39 is 0 Å². The molecular weight excluding hydrogens is 272 g/mol. The molecule has 0 radical (unpaired) electrons. The Morgan fingerprint density at radius 2 is 2.33 bits per heavy atom. The average Bonchev–Trinajstić information content (AvgIpc) is 3.18. The van der Waals surface area contributed by atoms with Crippen LogP contribution in [0, 0.1) is 0 Å². The fourth-order valence-electron chi connectivity index (χ4n) is 2.77. The van der Waals surface area contributed by atoms with Crippen LogP contribution in [0.3, 0.4) is 0 Å². The van der Waals surface area contributed by atoms with Gasteiger partial charge in [-0.25, -0.2) is 4.98 Å². The highest BCUT2D eigenvalue weighted by atomic mass is 16.5. The lowest BCUT2D eigenvalue weighted by atomic mass is 10.1. The van der Waals surface area contributed by atoms with Gasteiger partial charge in [0.1, 0.15) is 11.9 Å². The van der Waals surface area contributed by atoms with E-state index in [2.05, 4.69) is 15.2 Å². The first-order valence-electron chi connectivity index (χ1n) is 7.68. The van der Waals surface area contributed by atoms with Gasteiger partial charge in [-0.2, -0.15) is 5.10 Å². The summed E-state index contributed by atoms with van der Waals surface area (Å²) in [6, 6.07) is 0. The van der Waals surface area contributed by atoms with E-state index in [0.717, 1.165) is 31.7 Å². The molecule has 2 fully saturated rings. The number of morpholine rings is 1. The molecule has 1 aromatic heterocycles. The Bertz CT molecular complexity index is 484. The number of rotatable bonds is 4. The van der Waals surface area contributed by atoms with E-state index in [1.807, 2.05) is 11.8 Å². The highest BCUT2D eigenvalue weighted by Crippen LogP contribution is 2.22. The number of hydrogen-bond acceptors (Lipinski definition) is 5. The second-order valence-corrected chi connectivity index (χ2v) is 5.53. The molecule has 0 aromatic carbocycles. The molecular formula is C14H22N4O3. The van der Waals surface area contributed by atoms with E-state index in [4.69, 9.17) is 9.47 Å². The fraction of sp³-hybridized carbons (Fsp3) is 0.786. The van der Waals surface area contributed by atoms with E-state index >= 15 is 0 Å². The molecule has 1 N–H and O–H groups in total. The van der Waals surface area contributed by atoms with E-state index in [9.17, 15) is 4.79 Å². The Balaban J connectivity index is 1.58. The van der Waals surface area contributed by atoms with Gasteiger partial charge < -0.3 is 14.4 Å². The number of ether oxygens (including phenoxy) is 2. The van der Waals surface area contributed by atoms with Crippen LogP contribution >= 0.6 is 0 Å². The standard InChI is InChI=1S/C14H22N4O3/c1-2-12-15-14(17-16-12)11-9-18(5-7-21-11)13(19)8-10-4-3-6-20-10/h10-11H,2-9H2,1H3,(H,15,16,17). The summed E-state index contributed by atoms with van der Waals surface area (Å²) < 4.78 is 11.2. The van der Waals surface area contributed by atoms with Gasteiger partial charge in [-0.1, -0.05) is 6.92 Å². The summed E-state index contributed by atoms with van der Waals surface area (Å²) in [6.45, 7) is 4.47. The van der Waals surface area contributed by atoms with Gasteiger partial charge in [0, 0.05) is 19.6 Å². The van der Waals surface area contributed by atoms with Gasteiger partial charge in [0.15, 0.2) is 5.82 Å². The minimum Gasteiger partial charge on any atom is -0.378 e. The van der Waals surface area contributed by atoms with Crippen LogP contribution in [0.25, 0.3) is 0 Å². The van der Waals surface area contributed by atoms with E-state index in [1.54, 1.807) is 0 Å². The van der Waals surface area contributed by atoms with Gasteiger partial charge in [0.2, 0.25) is 5.91 Å². The summed E-state index contributed by atoms with van der Waals surface area (Å²) in [5, 5.41) is 7.07. The smallest absolute Gasteiger partial charge is 0.225 e. The number of carbonyl (C=O) groups is 1. The van der Waals surface area contributed by atoms with Crippen molar-refractivity contribution in [2.45, 2.75) is 44.8 Å². The number of aromatic nitrogens is 3. The zero-order valence-electron chi connectivity index (χ0n) is 12.4. The summed E-state index contributed by atoms with van der Waals surface area (Å²) in [5.41, 5.74) is 0. The normalized spacial score (nSPS) is 26.2. The molecule has 1 amide bonds. The van der Waals surface area contributed by atoms with E-state index in [-0.39, 0.29) is 18.1 Å². The minimum atomic E-state index is -0.233. The van der Waals surface area contributed by atoms with E-state index in [1.165, 1.54) is 0 Å². The van der Waals surface area contributed by atoms with Crippen molar-refractivity contribution in [1.29, 1.82) is 0 Å². The van der Waals surface area contributed by atoms with Crippen LogP contribution in [0.15, 0.2) is 0 Å². The van der Waals surface area contributed by atoms with Crippen LogP contribution in [-0.4, -0.2) is 58.4 Å². The first-order valence-corrected chi connectivity index (χ1v) is 7.68. The first kappa shape index (κ1) is 14.5. The molecule has 2 aliphatic rings. The van der Waals surface area contributed by atoms with Crippen LogP contribution in [0.5, 0.6) is 0 Å². The summed E-state index contributed by atoms with van der Waals surface area (Å²) in [5.74, 6) is 1.62. The van der Waals surface area contributed by atoms with Crippen LogP contribution in [-0.2, 0) is 20.7 Å². The van der Waals surface area contributed by atoms with Crippen molar-refractivity contribution >= 4 is 5.91 Å². The number of H-pyrrole nitrogens is 1. The van der Waals surface area contributed by atoms with Crippen molar-refractivity contribution in [3.63, 3.8) is 0 Å². The topological polar surface area (TPSA) is 80.3 Å². The number of amides is 1. The molecule has 0 bridgehead atoms.